The molecule has 19 heavy (non-hydrogen) atoms. The van der Waals surface area contributed by atoms with Crippen LogP contribution in [0.1, 0.15) is 53.4 Å². The van der Waals surface area contributed by atoms with Gasteiger partial charge in [-0.2, -0.15) is 0 Å². The lowest BCUT2D eigenvalue weighted by Gasteiger charge is -2.39. The minimum Gasteiger partial charge on any atom is -0.310 e. The molecule has 1 saturated heterocycles. The van der Waals surface area contributed by atoms with Gasteiger partial charge in [-0.3, -0.25) is 0 Å². The third-order valence-electron chi connectivity index (χ3n) is 4.57. The minimum absolute atomic E-state index is 0.351. The first-order valence-electron chi connectivity index (χ1n) is 8.33. The van der Waals surface area contributed by atoms with Crippen LogP contribution in [0.3, 0.4) is 0 Å². The molecule has 1 rings (SSSR count). The van der Waals surface area contributed by atoms with E-state index in [1.165, 1.54) is 71.5 Å². The van der Waals surface area contributed by atoms with Crippen molar-refractivity contribution in [1.29, 1.82) is 0 Å². The molecule has 1 unspecified atom stereocenters. The number of hydrogen-bond acceptors (Lipinski definition) is 3. The maximum Gasteiger partial charge on any atom is 0.0280 e. The molecular formula is C16H35N3. The average molecular weight is 269 g/mol. The summed E-state index contributed by atoms with van der Waals surface area (Å²) in [6, 6.07) is 0. The first-order chi connectivity index (χ1) is 9.13. The monoisotopic (exact) mass is 269 g/mol. The van der Waals surface area contributed by atoms with E-state index in [1.54, 1.807) is 0 Å². The van der Waals surface area contributed by atoms with E-state index in [-0.39, 0.29) is 0 Å². The second kappa shape index (κ2) is 8.93. The van der Waals surface area contributed by atoms with Gasteiger partial charge in [0.05, 0.1) is 0 Å². The summed E-state index contributed by atoms with van der Waals surface area (Å²) in [4.78, 5) is 5.15. The maximum absolute atomic E-state index is 3.73. The molecule has 3 nitrogen and oxygen atoms in total. The summed E-state index contributed by atoms with van der Waals surface area (Å²) in [7, 11) is 0. The van der Waals surface area contributed by atoms with E-state index >= 15 is 0 Å². The second-order valence-electron chi connectivity index (χ2n) is 6.19. The molecule has 114 valence electrons. The highest BCUT2D eigenvalue weighted by molar-refractivity contribution is 4.89. The molecule has 0 spiro atoms. The zero-order valence-corrected chi connectivity index (χ0v) is 13.7. The van der Waals surface area contributed by atoms with Gasteiger partial charge >= 0.3 is 0 Å². The van der Waals surface area contributed by atoms with Crippen molar-refractivity contribution in [3.63, 3.8) is 0 Å². The summed E-state index contributed by atoms with van der Waals surface area (Å²) in [6.07, 6.45) is 5.37. The fourth-order valence-corrected chi connectivity index (χ4v) is 3.15. The summed E-state index contributed by atoms with van der Waals surface area (Å²) in [5, 5.41) is 3.73. The van der Waals surface area contributed by atoms with E-state index in [9.17, 15) is 0 Å². The Morgan fingerprint density at radius 1 is 0.947 bits per heavy atom. The summed E-state index contributed by atoms with van der Waals surface area (Å²) in [6.45, 7) is 17.7. The van der Waals surface area contributed by atoms with Gasteiger partial charge in [0.15, 0.2) is 0 Å². The summed E-state index contributed by atoms with van der Waals surface area (Å²) in [5.41, 5.74) is 0.351. The van der Waals surface area contributed by atoms with E-state index in [0.29, 0.717) is 5.54 Å². The van der Waals surface area contributed by atoms with Crippen LogP contribution in [0.15, 0.2) is 0 Å². The van der Waals surface area contributed by atoms with Gasteiger partial charge in [-0.05, 0) is 65.5 Å². The lowest BCUT2D eigenvalue weighted by Crippen LogP contribution is -2.53. The topological polar surface area (TPSA) is 18.5 Å². The smallest absolute Gasteiger partial charge is 0.0280 e. The van der Waals surface area contributed by atoms with Crippen molar-refractivity contribution in [3.8, 4) is 0 Å². The van der Waals surface area contributed by atoms with Crippen LogP contribution in [-0.4, -0.2) is 61.2 Å². The fourth-order valence-electron chi connectivity index (χ4n) is 3.15. The zero-order chi connectivity index (χ0) is 14.1. The van der Waals surface area contributed by atoms with E-state index in [1.807, 2.05) is 0 Å². The molecular weight excluding hydrogens is 234 g/mol. The highest BCUT2D eigenvalue weighted by atomic mass is 15.2. The third kappa shape index (κ3) is 6.24. The molecule has 0 aromatic rings. The Hall–Kier alpha value is -0.120. The van der Waals surface area contributed by atoms with Crippen molar-refractivity contribution in [2.24, 2.45) is 0 Å². The standard InChI is InChI=1S/C16H35N3/c1-5-18(6-2)13-10-14-19(7-3)15-16(4)11-8-9-12-17-16/h17H,5-15H2,1-4H3. The van der Waals surface area contributed by atoms with E-state index in [2.05, 4.69) is 42.8 Å². The van der Waals surface area contributed by atoms with Crippen LogP contribution in [0, 0.1) is 0 Å². The molecule has 1 fully saturated rings. The molecule has 1 heterocycles. The normalized spacial score (nSPS) is 24.3. The van der Waals surface area contributed by atoms with Crippen molar-refractivity contribution in [3.05, 3.63) is 0 Å². The summed E-state index contributed by atoms with van der Waals surface area (Å²) in [5.74, 6) is 0. The highest BCUT2D eigenvalue weighted by Crippen LogP contribution is 2.20. The summed E-state index contributed by atoms with van der Waals surface area (Å²) < 4.78 is 0. The Labute approximate surface area is 120 Å². The number of nitrogens with one attached hydrogen (secondary N) is 1. The predicted molar refractivity (Wildman–Crippen MR) is 84.8 cm³/mol. The third-order valence-corrected chi connectivity index (χ3v) is 4.57. The van der Waals surface area contributed by atoms with Crippen LogP contribution in [0.2, 0.25) is 0 Å². The van der Waals surface area contributed by atoms with Gasteiger partial charge < -0.3 is 15.1 Å². The second-order valence-corrected chi connectivity index (χ2v) is 6.19. The first-order valence-corrected chi connectivity index (χ1v) is 8.33. The highest BCUT2D eigenvalue weighted by Gasteiger charge is 2.27. The molecule has 0 amide bonds. The van der Waals surface area contributed by atoms with Crippen LogP contribution >= 0.6 is 0 Å². The summed E-state index contributed by atoms with van der Waals surface area (Å²) >= 11 is 0. The predicted octanol–water partition coefficient (Wildman–Crippen LogP) is 2.57. The number of nitrogens with zero attached hydrogens (tertiary/aromatic N) is 2. The Kier molecular flexibility index (Phi) is 7.96. The first kappa shape index (κ1) is 16.9. The molecule has 3 heteroatoms. The van der Waals surface area contributed by atoms with Gasteiger partial charge in [-0.1, -0.05) is 27.2 Å². The Bertz CT molecular complexity index is 220. The van der Waals surface area contributed by atoms with Crippen LogP contribution in [0.5, 0.6) is 0 Å². The molecule has 0 aromatic heterocycles. The molecule has 1 N–H and O–H groups in total. The Balaban J connectivity index is 2.28. The van der Waals surface area contributed by atoms with Crippen LogP contribution in [0.4, 0.5) is 0 Å². The number of hydrogen-bond donors (Lipinski definition) is 1. The molecule has 1 aliphatic heterocycles. The SMILES string of the molecule is CCN(CC)CCCN(CC)CC1(C)CCCCN1. The van der Waals surface area contributed by atoms with Gasteiger partial charge in [0.25, 0.3) is 0 Å². The molecule has 0 saturated carbocycles. The Morgan fingerprint density at radius 3 is 2.11 bits per heavy atom. The molecule has 0 radical (unpaired) electrons. The molecule has 0 bridgehead atoms. The molecule has 1 atom stereocenters. The van der Waals surface area contributed by atoms with Gasteiger partial charge in [0.2, 0.25) is 0 Å². The van der Waals surface area contributed by atoms with Crippen molar-refractivity contribution in [2.75, 3.05) is 45.8 Å². The average Bonchev–Trinajstić information content (AvgIpc) is 2.43. The number of likely N-dealkylation sites (N-methyl/N-ethyl adjacent to an activating group) is 1. The van der Waals surface area contributed by atoms with Gasteiger partial charge in [0, 0.05) is 12.1 Å². The molecule has 0 aromatic carbocycles. The van der Waals surface area contributed by atoms with Gasteiger partial charge in [0.1, 0.15) is 0 Å². The lowest BCUT2D eigenvalue weighted by molar-refractivity contribution is 0.161. The van der Waals surface area contributed by atoms with Crippen LogP contribution in [-0.2, 0) is 0 Å². The van der Waals surface area contributed by atoms with E-state index in [4.69, 9.17) is 0 Å². The molecule has 1 aliphatic rings. The largest absolute Gasteiger partial charge is 0.310 e. The minimum atomic E-state index is 0.351. The fraction of sp³-hybridized carbons (Fsp3) is 1.00. The van der Waals surface area contributed by atoms with Crippen molar-refractivity contribution >= 4 is 0 Å². The maximum atomic E-state index is 3.73. The van der Waals surface area contributed by atoms with Crippen molar-refractivity contribution in [1.82, 2.24) is 15.1 Å². The van der Waals surface area contributed by atoms with Crippen LogP contribution in [0.25, 0.3) is 0 Å². The quantitative estimate of drug-likeness (QED) is 0.694. The van der Waals surface area contributed by atoms with Gasteiger partial charge in [-0.15, -0.1) is 0 Å². The molecule has 0 aliphatic carbocycles. The number of piperidine rings is 1. The lowest BCUT2D eigenvalue weighted by atomic mass is 9.90. The Morgan fingerprint density at radius 2 is 1.58 bits per heavy atom. The number of rotatable bonds is 9. The van der Waals surface area contributed by atoms with E-state index < -0.39 is 0 Å². The van der Waals surface area contributed by atoms with Crippen molar-refractivity contribution < 1.29 is 0 Å². The zero-order valence-electron chi connectivity index (χ0n) is 13.7. The van der Waals surface area contributed by atoms with Crippen molar-refractivity contribution in [2.45, 2.75) is 58.9 Å². The van der Waals surface area contributed by atoms with Crippen LogP contribution < -0.4 is 5.32 Å². The van der Waals surface area contributed by atoms with Gasteiger partial charge in [-0.25, -0.2) is 0 Å². The van der Waals surface area contributed by atoms with E-state index in [0.717, 1.165) is 0 Å².